The third kappa shape index (κ3) is 2.47. The van der Waals surface area contributed by atoms with Crippen molar-refractivity contribution in [3.8, 4) is 0 Å². The maximum atomic E-state index is 11.6. The molecule has 1 N–H and O–H groups in total. The van der Waals surface area contributed by atoms with Crippen LogP contribution in [0.15, 0.2) is 36.4 Å². The van der Waals surface area contributed by atoms with Crippen LogP contribution in [-0.4, -0.2) is 30.3 Å². The number of methoxy groups -OCH3 is 1. The molecule has 1 aromatic carbocycles. The SMILES string of the molecule is COC(=O)c1ccc(C2OC(O)C=CC2=O)cc1. The average molecular weight is 248 g/mol. The number of aliphatic hydroxyl groups is 1. The molecule has 0 saturated heterocycles. The molecule has 2 rings (SSSR count). The molecular weight excluding hydrogens is 236 g/mol. The van der Waals surface area contributed by atoms with Crippen molar-refractivity contribution in [1.82, 2.24) is 0 Å². The van der Waals surface area contributed by atoms with Gasteiger partial charge in [0.15, 0.2) is 12.1 Å². The topological polar surface area (TPSA) is 72.8 Å². The maximum absolute atomic E-state index is 11.6. The van der Waals surface area contributed by atoms with Gasteiger partial charge in [0, 0.05) is 0 Å². The Bertz CT molecular complexity index is 489. The summed E-state index contributed by atoms with van der Waals surface area (Å²) in [5, 5.41) is 9.30. The Hall–Kier alpha value is -1.98. The highest BCUT2D eigenvalue weighted by atomic mass is 16.6. The molecule has 0 spiro atoms. The average Bonchev–Trinajstić information content (AvgIpc) is 2.41. The number of aliphatic hydroxyl groups excluding tert-OH is 1. The van der Waals surface area contributed by atoms with E-state index in [2.05, 4.69) is 4.74 Å². The molecule has 2 unspecified atom stereocenters. The van der Waals surface area contributed by atoms with Gasteiger partial charge in [-0.05, 0) is 29.8 Å². The van der Waals surface area contributed by atoms with Crippen molar-refractivity contribution in [2.45, 2.75) is 12.4 Å². The lowest BCUT2D eigenvalue weighted by Gasteiger charge is -2.21. The number of esters is 1. The van der Waals surface area contributed by atoms with E-state index < -0.39 is 18.4 Å². The number of rotatable bonds is 2. The number of hydrogen-bond donors (Lipinski definition) is 1. The van der Waals surface area contributed by atoms with Crippen LogP contribution in [-0.2, 0) is 14.3 Å². The molecule has 18 heavy (non-hydrogen) atoms. The van der Waals surface area contributed by atoms with Gasteiger partial charge in [0.2, 0.25) is 0 Å². The van der Waals surface area contributed by atoms with Crippen LogP contribution >= 0.6 is 0 Å². The zero-order valence-electron chi connectivity index (χ0n) is 9.70. The smallest absolute Gasteiger partial charge is 0.337 e. The van der Waals surface area contributed by atoms with Crippen molar-refractivity contribution < 1.29 is 24.2 Å². The van der Waals surface area contributed by atoms with Gasteiger partial charge in [-0.1, -0.05) is 12.1 Å². The zero-order chi connectivity index (χ0) is 13.1. The summed E-state index contributed by atoms with van der Waals surface area (Å²) in [7, 11) is 1.30. The molecule has 0 aromatic heterocycles. The predicted molar refractivity (Wildman–Crippen MR) is 61.8 cm³/mol. The highest BCUT2D eigenvalue weighted by molar-refractivity contribution is 5.95. The summed E-state index contributed by atoms with van der Waals surface area (Å²) < 4.78 is 9.69. The molecule has 0 bridgehead atoms. The Morgan fingerprint density at radius 3 is 2.61 bits per heavy atom. The first kappa shape index (κ1) is 12.5. The van der Waals surface area contributed by atoms with Gasteiger partial charge in [-0.2, -0.15) is 0 Å². The lowest BCUT2D eigenvalue weighted by atomic mass is 10.0. The monoisotopic (exact) mass is 248 g/mol. The van der Waals surface area contributed by atoms with Gasteiger partial charge in [0.1, 0.15) is 6.10 Å². The Balaban J connectivity index is 2.22. The minimum absolute atomic E-state index is 0.244. The summed E-state index contributed by atoms with van der Waals surface area (Å²) in [6.45, 7) is 0. The van der Waals surface area contributed by atoms with Crippen LogP contribution in [0.3, 0.4) is 0 Å². The zero-order valence-corrected chi connectivity index (χ0v) is 9.70. The van der Waals surface area contributed by atoms with E-state index in [1.165, 1.54) is 19.3 Å². The molecule has 1 aliphatic heterocycles. The maximum Gasteiger partial charge on any atom is 0.337 e. The van der Waals surface area contributed by atoms with Crippen LogP contribution in [0.1, 0.15) is 22.0 Å². The van der Waals surface area contributed by atoms with Crippen LogP contribution in [0.5, 0.6) is 0 Å². The summed E-state index contributed by atoms with van der Waals surface area (Å²) in [6, 6.07) is 6.28. The molecule has 2 atom stereocenters. The number of ketones is 1. The molecule has 1 aliphatic rings. The van der Waals surface area contributed by atoms with Gasteiger partial charge < -0.3 is 14.6 Å². The van der Waals surface area contributed by atoms with E-state index in [0.717, 1.165) is 0 Å². The standard InChI is InChI=1S/C13H12O5/c1-17-13(16)9-4-2-8(3-5-9)12-10(14)6-7-11(15)18-12/h2-7,11-12,15H,1H3. The van der Waals surface area contributed by atoms with E-state index in [1.807, 2.05) is 0 Å². The summed E-state index contributed by atoms with van der Waals surface area (Å²) in [5.41, 5.74) is 0.969. The summed E-state index contributed by atoms with van der Waals surface area (Å²) in [6.07, 6.45) is 0.638. The largest absolute Gasteiger partial charge is 0.465 e. The first-order chi connectivity index (χ1) is 8.61. The first-order valence-electron chi connectivity index (χ1n) is 5.35. The number of hydrogen-bond acceptors (Lipinski definition) is 5. The lowest BCUT2D eigenvalue weighted by molar-refractivity contribution is -0.149. The Morgan fingerprint density at radius 2 is 2.00 bits per heavy atom. The molecule has 1 heterocycles. The summed E-state index contributed by atoms with van der Waals surface area (Å²) in [5.74, 6) is -0.691. The van der Waals surface area contributed by atoms with Gasteiger partial charge in [-0.25, -0.2) is 4.79 Å². The lowest BCUT2D eigenvalue weighted by Crippen LogP contribution is -2.24. The number of carbonyl (C=O) groups is 2. The van der Waals surface area contributed by atoms with Crippen molar-refractivity contribution in [1.29, 1.82) is 0 Å². The minimum Gasteiger partial charge on any atom is -0.465 e. The first-order valence-corrected chi connectivity index (χ1v) is 5.35. The quantitative estimate of drug-likeness (QED) is 0.790. The fourth-order valence-corrected chi connectivity index (χ4v) is 1.67. The molecule has 1 aromatic rings. The third-order valence-electron chi connectivity index (χ3n) is 2.59. The van der Waals surface area contributed by atoms with Crippen molar-refractivity contribution in [3.05, 3.63) is 47.5 Å². The van der Waals surface area contributed by atoms with Gasteiger partial charge in [-0.3, -0.25) is 4.79 Å². The fourth-order valence-electron chi connectivity index (χ4n) is 1.67. The third-order valence-corrected chi connectivity index (χ3v) is 2.59. The predicted octanol–water partition coefficient (Wildman–Crippen LogP) is 0.988. The number of carbonyl (C=O) groups excluding carboxylic acids is 2. The van der Waals surface area contributed by atoms with Gasteiger partial charge in [0.05, 0.1) is 12.7 Å². The van der Waals surface area contributed by atoms with Crippen molar-refractivity contribution >= 4 is 11.8 Å². The van der Waals surface area contributed by atoms with Crippen molar-refractivity contribution in [2.75, 3.05) is 7.11 Å². The van der Waals surface area contributed by atoms with E-state index >= 15 is 0 Å². The molecule has 0 saturated carbocycles. The molecule has 5 heteroatoms. The molecule has 0 amide bonds. The molecule has 5 nitrogen and oxygen atoms in total. The van der Waals surface area contributed by atoms with Crippen LogP contribution in [0.25, 0.3) is 0 Å². The van der Waals surface area contributed by atoms with Crippen molar-refractivity contribution in [3.63, 3.8) is 0 Å². The minimum atomic E-state index is -1.09. The van der Waals surface area contributed by atoms with Crippen molar-refractivity contribution in [2.24, 2.45) is 0 Å². The Labute approximate surface area is 104 Å². The fraction of sp³-hybridized carbons (Fsp3) is 0.231. The molecule has 0 fully saturated rings. The van der Waals surface area contributed by atoms with E-state index in [1.54, 1.807) is 24.3 Å². The van der Waals surface area contributed by atoms with E-state index in [4.69, 9.17) is 4.74 Å². The van der Waals surface area contributed by atoms with Crippen LogP contribution in [0.4, 0.5) is 0 Å². The molecule has 94 valence electrons. The Morgan fingerprint density at radius 1 is 1.33 bits per heavy atom. The van der Waals surface area contributed by atoms with Crippen LogP contribution in [0.2, 0.25) is 0 Å². The number of ether oxygens (including phenoxy) is 2. The summed E-state index contributed by atoms with van der Waals surface area (Å²) in [4.78, 5) is 22.8. The second-order valence-electron chi connectivity index (χ2n) is 3.78. The highest BCUT2D eigenvalue weighted by Gasteiger charge is 2.25. The van der Waals surface area contributed by atoms with Gasteiger partial charge >= 0.3 is 5.97 Å². The number of benzene rings is 1. The van der Waals surface area contributed by atoms with Gasteiger partial charge in [0.25, 0.3) is 0 Å². The highest BCUT2D eigenvalue weighted by Crippen LogP contribution is 2.24. The van der Waals surface area contributed by atoms with Crippen LogP contribution in [0, 0.1) is 0 Å². The normalized spacial score (nSPS) is 22.9. The molecular formula is C13H12O5. The van der Waals surface area contributed by atoms with E-state index in [0.29, 0.717) is 11.1 Å². The van der Waals surface area contributed by atoms with Crippen LogP contribution < -0.4 is 0 Å². The van der Waals surface area contributed by atoms with Gasteiger partial charge in [-0.15, -0.1) is 0 Å². The van der Waals surface area contributed by atoms with E-state index in [9.17, 15) is 14.7 Å². The second kappa shape index (κ2) is 5.12. The van der Waals surface area contributed by atoms with E-state index in [-0.39, 0.29) is 5.78 Å². The molecule has 0 radical (unpaired) electrons. The second-order valence-corrected chi connectivity index (χ2v) is 3.78. The Kier molecular flexibility index (Phi) is 3.55. The molecule has 0 aliphatic carbocycles. The summed E-state index contributed by atoms with van der Waals surface area (Å²) >= 11 is 0.